The highest BCUT2D eigenvalue weighted by molar-refractivity contribution is 5.85. The topological polar surface area (TPSA) is 35.8 Å². The number of nitrogens with one attached hydrogen (secondary N) is 1. The van der Waals surface area contributed by atoms with E-state index in [0.717, 1.165) is 13.1 Å². The van der Waals surface area contributed by atoms with Crippen LogP contribution in [0.1, 0.15) is 51.9 Å². The summed E-state index contributed by atoms with van der Waals surface area (Å²) in [7, 11) is 0. The lowest BCUT2D eigenvalue weighted by molar-refractivity contribution is 0.575. The Balaban J connectivity index is 0. The Hall–Kier alpha value is -0.260. The van der Waals surface area contributed by atoms with Crippen molar-refractivity contribution in [2.75, 3.05) is 13.1 Å². The fourth-order valence-electron chi connectivity index (χ4n) is 1.30. The third-order valence-corrected chi connectivity index (χ3v) is 2.12. The third-order valence-electron chi connectivity index (χ3n) is 2.12. The molecule has 0 fully saturated rings. The largest absolute Gasteiger partial charge is 0.316 e. The van der Waals surface area contributed by atoms with Crippen LogP contribution in [0, 0.1) is 11.3 Å². The summed E-state index contributed by atoms with van der Waals surface area (Å²) in [5, 5.41) is 11.5. The van der Waals surface area contributed by atoms with Gasteiger partial charge >= 0.3 is 0 Å². The molecule has 0 heterocycles. The average molecular weight is 219 g/mol. The number of unbranched alkanes of at least 4 members (excludes halogenated alkanes) is 5. The molecule has 1 N–H and O–H groups in total. The van der Waals surface area contributed by atoms with E-state index in [2.05, 4.69) is 18.3 Å². The average Bonchev–Trinajstić information content (AvgIpc) is 2.16. The zero-order valence-corrected chi connectivity index (χ0v) is 10.0. The SMILES string of the molecule is CCCCCCCCNCCC#N.Cl. The molecule has 0 bridgehead atoms. The molecule has 0 aromatic carbocycles. The van der Waals surface area contributed by atoms with E-state index in [1.807, 2.05) is 0 Å². The molecule has 3 heteroatoms. The van der Waals surface area contributed by atoms with Crippen LogP contribution in [0.4, 0.5) is 0 Å². The van der Waals surface area contributed by atoms with Crippen molar-refractivity contribution < 1.29 is 0 Å². The van der Waals surface area contributed by atoms with Crippen LogP contribution in [0.5, 0.6) is 0 Å². The third kappa shape index (κ3) is 14.3. The lowest BCUT2D eigenvalue weighted by atomic mass is 10.1. The summed E-state index contributed by atoms with van der Waals surface area (Å²) in [5.41, 5.74) is 0. The molecule has 0 rings (SSSR count). The molecule has 0 spiro atoms. The van der Waals surface area contributed by atoms with Crippen molar-refractivity contribution in [2.24, 2.45) is 0 Å². The van der Waals surface area contributed by atoms with Crippen molar-refractivity contribution in [1.82, 2.24) is 5.32 Å². The molecule has 0 radical (unpaired) electrons. The fourth-order valence-corrected chi connectivity index (χ4v) is 1.30. The fraction of sp³-hybridized carbons (Fsp3) is 0.909. The highest BCUT2D eigenvalue weighted by Crippen LogP contribution is 2.03. The predicted molar refractivity (Wildman–Crippen MR) is 63.7 cm³/mol. The smallest absolute Gasteiger partial charge is 0.0635 e. The van der Waals surface area contributed by atoms with Gasteiger partial charge in [-0.1, -0.05) is 39.0 Å². The molecule has 0 saturated heterocycles. The van der Waals surface area contributed by atoms with Crippen LogP contribution in [-0.4, -0.2) is 13.1 Å². The molecule has 0 aliphatic heterocycles. The molecule has 0 aromatic heterocycles. The highest BCUT2D eigenvalue weighted by atomic mass is 35.5. The molecule has 0 aliphatic carbocycles. The number of nitriles is 1. The zero-order chi connectivity index (χ0) is 9.78. The maximum atomic E-state index is 8.28. The summed E-state index contributed by atoms with van der Waals surface area (Å²) in [6.45, 7) is 4.17. The van der Waals surface area contributed by atoms with E-state index in [0.29, 0.717) is 6.42 Å². The summed E-state index contributed by atoms with van der Waals surface area (Å²) >= 11 is 0. The van der Waals surface area contributed by atoms with Crippen LogP contribution in [0.3, 0.4) is 0 Å². The summed E-state index contributed by atoms with van der Waals surface area (Å²) in [4.78, 5) is 0. The maximum absolute atomic E-state index is 8.28. The van der Waals surface area contributed by atoms with Crippen LogP contribution in [0.2, 0.25) is 0 Å². The van der Waals surface area contributed by atoms with Gasteiger partial charge in [-0.05, 0) is 13.0 Å². The maximum Gasteiger partial charge on any atom is 0.0635 e. The molecule has 2 nitrogen and oxygen atoms in total. The van der Waals surface area contributed by atoms with Crippen molar-refractivity contribution in [3.8, 4) is 6.07 Å². The number of nitrogens with zero attached hydrogens (tertiary/aromatic N) is 1. The highest BCUT2D eigenvalue weighted by Gasteiger charge is 1.89. The first-order valence-electron chi connectivity index (χ1n) is 5.49. The Bertz CT molecular complexity index is 132. The Morgan fingerprint density at radius 1 is 1.00 bits per heavy atom. The zero-order valence-electron chi connectivity index (χ0n) is 9.22. The Morgan fingerprint density at radius 2 is 1.64 bits per heavy atom. The van der Waals surface area contributed by atoms with Gasteiger partial charge in [0.2, 0.25) is 0 Å². The molecule has 0 aliphatic rings. The van der Waals surface area contributed by atoms with Crippen LogP contribution >= 0.6 is 12.4 Å². The van der Waals surface area contributed by atoms with Crippen LogP contribution in [0.25, 0.3) is 0 Å². The first-order chi connectivity index (χ1) is 6.41. The lowest BCUT2D eigenvalue weighted by Gasteiger charge is -2.01. The molecule has 14 heavy (non-hydrogen) atoms. The van der Waals surface area contributed by atoms with Gasteiger partial charge < -0.3 is 5.32 Å². The van der Waals surface area contributed by atoms with Crippen LogP contribution < -0.4 is 5.32 Å². The van der Waals surface area contributed by atoms with Crippen LogP contribution in [0.15, 0.2) is 0 Å². The molecule has 84 valence electrons. The minimum atomic E-state index is 0. The molecular weight excluding hydrogens is 196 g/mol. The van der Waals surface area contributed by atoms with Crippen molar-refractivity contribution in [3.05, 3.63) is 0 Å². The van der Waals surface area contributed by atoms with E-state index in [4.69, 9.17) is 5.26 Å². The number of rotatable bonds is 9. The predicted octanol–water partition coefficient (Wildman–Crippen LogP) is 3.27. The second-order valence-electron chi connectivity index (χ2n) is 3.43. The Kier molecular flexibility index (Phi) is 17.6. The van der Waals surface area contributed by atoms with Crippen LogP contribution in [-0.2, 0) is 0 Å². The lowest BCUT2D eigenvalue weighted by Crippen LogP contribution is -2.15. The summed E-state index contributed by atoms with van der Waals surface area (Å²) in [6.07, 6.45) is 8.68. The first kappa shape index (κ1) is 16.2. The van der Waals surface area contributed by atoms with Gasteiger partial charge in [-0.2, -0.15) is 5.26 Å². The van der Waals surface area contributed by atoms with Crippen molar-refractivity contribution in [1.29, 1.82) is 5.26 Å². The number of halogens is 1. The van der Waals surface area contributed by atoms with Gasteiger partial charge in [-0.25, -0.2) is 0 Å². The first-order valence-corrected chi connectivity index (χ1v) is 5.49. The molecule has 0 unspecified atom stereocenters. The summed E-state index contributed by atoms with van der Waals surface area (Å²) in [5.74, 6) is 0. The molecule has 0 aromatic rings. The molecule has 0 atom stereocenters. The monoisotopic (exact) mass is 218 g/mol. The van der Waals surface area contributed by atoms with Gasteiger partial charge in [0.15, 0.2) is 0 Å². The van der Waals surface area contributed by atoms with Gasteiger partial charge in [-0.15, -0.1) is 12.4 Å². The molecular formula is C11H23ClN2. The van der Waals surface area contributed by atoms with Gasteiger partial charge in [-0.3, -0.25) is 0 Å². The number of hydrogen-bond acceptors (Lipinski definition) is 2. The van der Waals surface area contributed by atoms with Gasteiger partial charge in [0, 0.05) is 13.0 Å². The van der Waals surface area contributed by atoms with Gasteiger partial charge in [0.05, 0.1) is 6.07 Å². The quantitative estimate of drug-likeness (QED) is 0.603. The minimum absolute atomic E-state index is 0. The van der Waals surface area contributed by atoms with E-state index in [-0.39, 0.29) is 12.4 Å². The molecule has 0 amide bonds. The van der Waals surface area contributed by atoms with E-state index in [9.17, 15) is 0 Å². The minimum Gasteiger partial charge on any atom is -0.316 e. The Labute approximate surface area is 94.5 Å². The van der Waals surface area contributed by atoms with E-state index in [1.165, 1.54) is 38.5 Å². The normalized spacial score (nSPS) is 9.14. The second kappa shape index (κ2) is 15.2. The van der Waals surface area contributed by atoms with E-state index in [1.54, 1.807) is 0 Å². The van der Waals surface area contributed by atoms with Gasteiger partial charge in [0.25, 0.3) is 0 Å². The standard InChI is InChI=1S/C11H22N2.ClH/c1-2-3-4-5-6-7-10-13-11-8-9-12;/h13H,2-8,10-11H2,1H3;1H. The van der Waals surface area contributed by atoms with Crippen molar-refractivity contribution in [2.45, 2.75) is 51.9 Å². The summed E-state index contributed by atoms with van der Waals surface area (Å²) < 4.78 is 0. The van der Waals surface area contributed by atoms with E-state index >= 15 is 0 Å². The summed E-state index contributed by atoms with van der Waals surface area (Å²) in [6, 6.07) is 2.12. The second-order valence-corrected chi connectivity index (χ2v) is 3.43. The van der Waals surface area contributed by atoms with Crippen molar-refractivity contribution >= 4 is 12.4 Å². The number of hydrogen-bond donors (Lipinski definition) is 1. The van der Waals surface area contributed by atoms with Gasteiger partial charge in [0.1, 0.15) is 0 Å². The molecule has 0 saturated carbocycles. The van der Waals surface area contributed by atoms with Crippen molar-refractivity contribution in [3.63, 3.8) is 0 Å². The van der Waals surface area contributed by atoms with E-state index < -0.39 is 0 Å². The Morgan fingerprint density at radius 3 is 2.29 bits per heavy atom.